The van der Waals surface area contributed by atoms with Crippen molar-refractivity contribution in [3.63, 3.8) is 0 Å². The van der Waals surface area contributed by atoms with Gasteiger partial charge < -0.3 is 33.2 Å². The van der Waals surface area contributed by atoms with Gasteiger partial charge in [-0.1, -0.05) is 48.5 Å². The Hall–Kier alpha value is -2.26. The SMILES string of the molecule is C=CCO[C@@H]1[C@@H](OCc2ccc(OC)cc2)[C@H](OC)O[C@@H]2COC(c3ccccc3)O[C@@H]12. The Labute approximate surface area is 188 Å². The number of methoxy groups -OCH3 is 2. The Morgan fingerprint density at radius 1 is 0.969 bits per heavy atom. The molecular weight excluding hydrogens is 412 g/mol. The maximum absolute atomic E-state index is 6.33. The van der Waals surface area contributed by atoms with Gasteiger partial charge in [-0.05, 0) is 17.7 Å². The van der Waals surface area contributed by atoms with Crippen LogP contribution in [0.4, 0.5) is 0 Å². The predicted molar refractivity (Wildman–Crippen MR) is 117 cm³/mol. The van der Waals surface area contributed by atoms with E-state index in [2.05, 4.69) is 6.58 Å². The first-order valence-corrected chi connectivity index (χ1v) is 10.7. The van der Waals surface area contributed by atoms with E-state index in [1.165, 1.54) is 0 Å². The highest BCUT2D eigenvalue weighted by atomic mass is 16.8. The highest BCUT2D eigenvalue weighted by molar-refractivity contribution is 5.26. The maximum atomic E-state index is 6.33. The molecule has 7 heteroatoms. The number of hydrogen-bond donors (Lipinski definition) is 0. The number of hydrogen-bond acceptors (Lipinski definition) is 7. The molecule has 0 amide bonds. The molecule has 2 fully saturated rings. The van der Waals surface area contributed by atoms with E-state index < -0.39 is 24.8 Å². The Bertz CT molecular complexity index is 841. The smallest absolute Gasteiger partial charge is 0.186 e. The van der Waals surface area contributed by atoms with Crippen molar-refractivity contribution in [2.75, 3.05) is 27.4 Å². The number of ether oxygens (including phenoxy) is 7. The fourth-order valence-electron chi connectivity index (χ4n) is 3.98. The third-order valence-electron chi connectivity index (χ3n) is 5.60. The lowest BCUT2D eigenvalue weighted by molar-refractivity contribution is -0.367. The van der Waals surface area contributed by atoms with Crippen molar-refractivity contribution >= 4 is 0 Å². The molecule has 0 N–H and O–H groups in total. The summed E-state index contributed by atoms with van der Waals surface area (Å²) in [5.41, 5.74) is 1.94. The Kier molecular flexibility index (Phi) is 7.91. The largest absolute Gasteiger partial charge is 0.497 e. The van der Waals surface area contributed by atoms with E-state index in [4.69, 9.17) is 33.2 Å². The second-order valence-corrected chi connectivity index (χ2v) is 7.67. The molecular formula is C25H30O7. The van der Waals surface area contributed by atoms with Gasteiger partial charge in [-0.3, -0.25) is 0 Å². The maximum Gasteiger partial charge on any atom is 0.186 e. The molecule has 2 aliphatic rings. The van der Waals surface area contributed by atoms with Crippen molar-refractivity contribution in [3.8, 4) is 5.75 Å². The van der Waals surface area contributed by atoms with Gasteiger partial charge in [0, 0.05) is 12.7 Å². The van der Waals surface area contributed by atoms with Crippen LogP contribution in [0.5, 0.6) is 5.75 Å². The van der Waals surface area contributed by atoms with Crippen LogP contribution in [-0.2, 0) is 35.0 Å². The molecule has 0 aliphatic carbocycles. The van der Waals surface area contributed by atoms with Gasteiger partial charge in [-0.2, -0.15) is 0 Å². The second-order valence-electron chi connectivity index (χ2n) is 7.67. The molecule has 7 nitrogen and oxygen atoms in total. The molecule has 0 radical (unpaired) electrons. The normalized spacial score (nSPS) is 29.8. The van der Waals surface area contributed by atoms with Crippen LogP contribution >= 0.6 is 0 Å². The summed E-state index contributed by atoms with van der Waals surface area (Å²) in [5.74, 6) is 0.794. The Morgan fingerprint density at radius 3 is 2.44 bits per heavy atom. The highest BCUT2D eigenvalue weighted by Crippen LogP contribution is 2.36. The van der Waals surface area contributed by atoms with Crippen molar-refractivity contribution in [2.45, 2.75) is 43.6 Å². The summed E-state index contributed by atoms with van der Waals surface area (Å²) >= 11 is 0. The Morgan fingerprint density at radius 2 is 1.75 bits per heavy atom. The lowest BCUT2D eigenvalue weighted by Gasteiger charge is -2.48. The molecule has 2 heterocycles. The first-order chi connectivity index (χ1) is 15.7. The van der Waals surface area contributed by atoms with Crippen molar-refractivity contribution in [1.82, 2.24) is 0 Å². The van der Waals surface area contributed by atoms with Crippen LogP contribution in [0.1, 0.15) is 17.4 Å². The fraction of sp³-hybridized carbons (Fsp3) is 0.440. The molecule has 2 aromatic carbocycles. The minimum Gasteiger partial charge on any atom is -0.497 e. The number of fused-ring (bicyclic) bond motifs is 1. The Balaban J connectivity index is 1.52. The molecule has 32 heavy (non-hydrogen) atoms. The van der Waals surface area contributed by atoms with E-state index >= 15 is 0 Å². The third-order valence-corrected chi connectivity index (χ3v) is 5.60. The number of benzene rings is 2. The van der Waals surface area contributed by atoms with Crippen LogP contribution in [0.2, 0.25) is 0 Å². The molecule has 0 aromatic heterocycles. The standard InChI is InChI=1S/C25H30O7/c1-4-14-28-22-21-20(16-30-24(32-21)18-8-6-5-7-9-18)31-25(27-3)23(22)29-15-17-10-12-19(26-2)13-11-17/h4-13,20-25H,1,14-16H2,2-3H3/t20-,21-,22+,23-,24?,25-/m1/s1. The molecule has 6 atom stereocenters. The summed E-state index contributed by atoms with van der Waals surface area (Å²) < 4.78 is 41.7. The van der Waals surface area contributed by atoms with E-state index in [9.17, 15) is 0 Å². The summed E-state index contributed by atoms with van der Waals surface area (Å²) in [7, 11) is 3.24. The lowest BCUT2D eigenvalue weighted by atomic mass is 9.97. The summed E-state index contributed by atoms with van der Waals surface area (Å²) in [6.07, 6.45) is -1.07. The minimum absolute atomic E-state index is 0.337. The zero-order valence-corrected chi connectivity index (χ0v) is 18.4. The van der Waals surface area contributed by atoms with Gasteiger partial charge in [0.1, 0.15) is 30.2 Å². The van der Waals surface area contributed by atoms with Gasteiger partial charge >= 0.3 is 0 Å². The summed E-state index contributed by atoms with van der Waals surface area (Å²) in [6.45, 7) is 4.86. The minimum atomic E-state index is -0.621. The predicted octanol–water partition coefficient (Wildman–Crippen LogP) is 3.64. The van der Waals surface area contributed by atoms with Gasteiger partial charge in [0.15, 0.2) is 12.6 Å². The number of rotatable bonds is 9. The molecule has 0 bridgehead atoms. The quantitative estimate of drug-likeness (QED) is 0.550. The van der Waals surface area contributed by atoms with Gasteiger partial charge in [0.25, 0.3) is 0 Å². The van der Waals surface area contributed by atoms with Gasteiger partial charge in [0.05, 0.1) is 26.9 Å². The molecule has 0 saturated carbocycles. The monoisotopic (exact) mass is 442 g/mol. The molecule has 0 spiro atoms. The van der Waals surface area contributed by atoms with Crippen molar-refractivity contribution in [3.05, 3.63) is 78.4 Å². The van der Waals surface area contributed by atoms with Gasteiger partial charge in [-0.25, -0.2) is 0 Å². The van der Waals surface area contributed by atoms with Gasteiger partial charge in [-0.15, -0.1) is 6.58 Å². The zero-order chi connectivity index (χ0) is 22.3. The first-order valence-electron chi connectivity index (χ1n) is 10.7. The van der Waals surface area contributed by atoms with E-state index in [0.29, 0.717) is 19.8 Å². The highest BCUT2D eigenvalue weighted by Gasteiger charge is 2.51. The molecule has 2 aromatic rings. The van der Waals surface area contributed by atoms with Crippen LogP contribution in [0.3, 0.4) is 0 Å². The first kappa shape index (κ1) is 22.9. The fourth-order valence-corrected chi connectivity index (χ4v) is 3.98. The van der Waals surface area contributed by atoms with E-state index in [-0.39, 0.29) is 12.2 Å². The van der Waals surface area contributed by atoms with E-state index in [1.54, 1.807) is 20.3 Å². The summed E-state index contributed by atoms with van der Waals surface area (Å²) in [5, 5.41) is 0. The molecule has 2 aliphatic heterocycles. The molecule has 2 saturated heterocycles. The molecule has 172 valence electrons. The van der Waals surface area contributed by atoms with Crippen LogP contribution < -0.4 is 4.74 Å². The van der Waals surface area contributed by atoms with Gasteiger partial charge in [0.2, 0.25) is 0 Å². The zero-order valence-electron chi connectivity index (χ0n) is 18.4. The third kappa shape index (κ3) is 5.20. The van der Waals surface area contributed by atoms with E-state index in [0.717, 1.165) is 16.9 Å². The topological polar surface area (TPSA) is 64.6 Å². The molecule has 4 rings (SSSR count). The second kappa shape index (κ2) is 11.0. The lowest BCUT2D eigenvalue weighted by Crippen LogP contribution is -2.63. The van der Waals surface area contributed by atoms with E-state index in [1.807, 2.05) is 54.6 Å². The molecule has 1 unspecified atom stereocenters. The van der Waals surface area contributed by atoms with Crippen molar-refractivity contribution in [1.29, 1.82) is 0 Å². The van der Waals surface area contributed by atoms with Crippen LogP contribution in [0.15, 0.2) is 67.3 Å². The van der Waals surface area contributed by atoms with Crippen LogP contribution in [0, 0.1) is 0 Å². The average molecular weight is 443 g/mol. The van der Waals surface area contributed by atoms with Crippen LogP contribution in [-0.4, -0.2) is 58.1 Å². The summed E-state index contributed by atoms with van der Waals surface area (Å²) in [6, 6.07) is 17.5. The average Bonchev–Trinajstić information content (AvgIpc) is 2.86. The van der Waals surface area contributed by atoms with Crippen LogP contribution in [0.25, 0.3) is 0 Å². The van der Waals surface area contributed by atoms with Crippen molar-refractivity contribution in [2.24, 2.45) is 0 Å². The van der Waals surface area contributed by atoms with Crippen molar-refractivity contribution < 1.29 is 33.2 Å². The summed E-state index contributed by atoms with van der Waals surface area (Å²) in [4.78, 5) is 0.